The van der Waals surface area contributed by atoms with Crippen molar-refractivity contribution in [3.63, 3.8) is 0 Å². The van der Waals surface area contributed by atoms with E-state index in [-0.39, 0.29) is 0 Å². The van der Waals surface area contributed by atoms with Gasteiger partial charge in [0.15, 0.2) is 6.29 Å². The Balaban J connectivity index is 2.67. The maximum absolute atomic E-state index is 10.7. The molecule has 0 bridgehead atoms. The summed E-state index contributed by atoms with van der Waals surface area (Å²) in [7, 11) is 0. The predicted molar refractivity (Wildman–Crippen MR) is 55.6 cm³/mol. The minimum Gasteiger partial charge on any atom is -0.345 e. The van der Waals surface area contributed by atoms with Crippen molar-refractivity contribution in [3.05, 3.63) is 29.6 Å². The highest BCUT2D eigenvalue weighted by Crippen LogP contribution is 2.20. The van der Waals surface area contributed by atoms with E-state index in [1.165, 1.54) is 0 Å². The quantitative estimate of drug-likeness (QED) is 0.736. The van der Waals surface area contributed by atoms with Crippen molar-refractivity contribution < 1.29 is 4.79 Å². The van der Waals surface area contributed by atoms with Crippen LogP contribution in [0.1, 0.15) is 35.7 Å². The van der Waals surface area contributed by atoms with Crippen molar-refractivity contribution in [1.82, 2.24) is 9.97 Å². The summed E-state index contributed by atoms with van der Waals surface area (Å²) in [5.41, 5.74) is 2.60. The van der Waals surface area contributed by atoms with E-state index in [1.54, 1.807) is 6.20 Å². The maximum Gasteiger partial charge on any atom is 0.152 e. The Morgan fingerprint density at radius 3 is 2.93 bits per heavy atom. The summed E-state index contributed by atoms with van der Waals surface area (Å²) in [6.45, 7) is 4.21. The van der Waals surface area contributed by atoms with E-state index in [4.69, 9.17) is 0 Å². The van der Waals surface area contributed by atoms with Crippen molar-refractivity contribution in [2.24, 2.45) is 0 Å². The van der Waals surface area contributed by atoms with E-state index in [9.17, 15) is 4.79 Å². The number of H-pyrrole nitrogens is 1. The number of pyridine rings is 1. The molecule has 1 N–H and O–H groups in total. The van der Waals surface area contributed by atoms with Gasteiger partial charge in [-0.2, -0.15) is 0 Å². The molecule has 0 aliphatic rings. The normalized spacial score (nSPS) is 11.1. The van der Waals surface area contributed by atoms with Crippen molar-refractivity contribution in [2.45, 2.75) is 19.8 Å². The number of carbonyl (C=O) groups excluding carboxylic acids is 1. The number of rotatable bonds is 2. The maximum atomic E-state index is 10.7. The molecule has 2 aromatic heterocycles. The van der Waals surface area contributed by atoms with Crippen LogP contribution in [0.2, 0.25) is 0 Å². The average molecular weight is 188 g/mol. The molecule has 0 unspecified atom stereocenters. The summed E-state index contributed by atoms with van der Waals surface area (Å²) >= 11 is 0. The first-order valence-corrected chi connectivity index (χ1v) is 4.64. The van der Waals surface area contributed by atoms with Gasteiger partial charge in [-0.1, -0.05) is 13.8 Å². The van der Waals surface area contributed by atoms with Gasteiger partial charge in [-0.3, -0.25) is 4.79 Å². The third kappa shape index (κ3) is 1.31. The molecule has 0 atom stereocenters. The zero-order valence-electron chi connectivity index (χ0n) is 8.24. The lowest BCUT2D eigenvalue weighted by Gasteiger charge is -2.03. The van der Waals surface area contributed by atoms with E-state index < -0.39 is 0 Å². The average Bonchev–Trinajstić information content (AvgIpc) is 2.59. The second-order valence-electron chi connectivity index (χ2n) is 3.68. The highest BCUT2D eigenvalue weighted by atomic mass is 16.1. The molecule has 0 fully saturated rings. The third-order valence-electron chi connectivity index (χ3n) is 2.38. The van der Waals surface area contributed by atoms with E-state index in [2.05, 4.69) is 23.8 Å². The molecular weight excluding hydrogens is 176 g/mol. The molecule has 3 heteroatoms. The molecular formula is C11H12N2O. The molecule has 0 spiro atoms. The predicted octanol–water partition coefficient (Wildman–Crippen LogP) is 2.50. The van der Waals surface area contributed by atoms with Crippen LogP contribution in [0.25, 0.3) is 11.0 Å². The van der Waals surface area contributed by atoms with Crippen LogP contribution in [0.5, 0.6) is 0 Å². The standard InChI is InChI=1S/C11H12N2O/c1-7(2)8-3-10-9(6-14)5-13-11(10)12-4-8/h3-7H,1-2H3,(H,12,13). The van der Waals surface area contributed by atoms with Crippen LogP contribution >= 0.6 is 0 Å². The zero-order valence-corrected chi connectivity index (χ0v) is 8.24. The molecule has 0 radical (unpaired) electrons. The molecule has 2 rings (SSSR count). The second-order valence-corrected chi connectivity index (χ2v) is 3.68. The monoisotopic (exact) mass is 188 g/mol. The zero-order chi connectivity index (χ0) is 10.1. The van der Waals surface area contributed by atoms with Crippen molar-refractivity contribution in [3.8, 4) is 0 Å². The van der Waals surface area contributed by atoms with Crippen LogP contribution in [0.3, 0.4) is 0 Å². The third-order valence-corrected chi connectivity index (χ3v) is 2.38. The van der Waals surface area contributed by atoms with E-state index >= 15 is 0 Å². The van der Waals surface area contributed by atoms with Gasteiger partial charge < -0.3 is 4.98 Å². The molecule has 0 amide bonds. The highest BCUT2D eigenvalue weighted by molar-refractivity contribution is 5.95. The van der Waals surface area contributed by atoms with Crippen LogP contribution in [-0.4, -0.2) is 16.3 Å². The fourth-order valence-electron chi connectivity index (χ4n) is 1.45. The topological polar surface area (TPSA) is 45.8 Å². The minimum atomic E-state index is 0.432. The van der Waals surface area contributed by atoms with Gasteiger partial charge in [0.1, 0.15) is 5.65 Å². The smallest absolute Gasteiger partial charge is 0.152 e. The summed E-state index contributed by atoms with van der Waals surface area (Å²) in [6, 6.07) is 2.02. The van der Waals surface area contributed by atoms with Gasteiger partial charge in [-0.05, 0) is 17.5 Å². The molecule has 72 valence electrons. The fraction of sp³-hybridized carbons (Fsp3) is 0.273. The molecule has 0 aliphatic carbocycles. The minimum absolute atomic E-state index is 0.432. The Morgan fingerprint density at radius 2 is 2.29 bits per heavy atom. The molecule has 0 saturated carbocycles. The molecule has 0 aliphatic heterocycles. The largest absolute Gasteiger partial charge is 0.345 e. The molecule has 3 nitrogen and oxygen atoms in total. The molecule has 2 heterocycles. The van der Waals surface area contributed by atoms with Crippen molar-refractivity contribution in [1.29, 1.82) is 0 Å². The highest BCUT2D eigenvalue weighted by Gasteiger charge is 2.06. The van der Waals surface area contributed by atoms with Gasteiger partial charge in [0, 0.05) is 23.3 Å². The molecule has 14 heavy (non-hydrogen) atoms. The van der Waals surface area contributed by atoms with Gasteiger partial charge in [-0.25, -0.2) is 4.98 Å². The molecule has 0 saturated heterocycles. The van der Waals surface area contributed by atoms with Gasteiger partial charge in [0.25, 0.3) is 0 Å². The number of aromatic nitrogens is 2. The Kier molecular flexibility index (Phi) is 2.08. The SMILES string of the molecule is CC(C)c1cnc2[nH]cc(C=O)c2c1. The van der Waals surface area contributed by atoms with Gasteiger partial charge in [0.05, 0.1) is 0 Å². The number of aldehydes is 1. The first kappa shape index (κ1) is 8.94. The Bertz CT molecular complexity index is 471. The number of hydrogen-bond donors (Lipinski definition) is 1. The fourth-order valence-corrected chi connectivity index (χ4v) is 1.45. The number of nitrogens with zero attached hydrogens (tertiary/aromatic N) is 1. The van der Waals surface area contributed by atoms with Crippen LogP contribution in [-0.2, 0) is 0 Å². The van der Waals surface area contributed by atoms with Gasteiger partial charge >= 0.3 is 0 Å². The number of carbonyl (C=O) groups is 1. The Morgan fingerprint density at radius 1 is 1.50 bits per heavy atom. The lowest BCUT2D eigenvalue weighted by Crippen LogP contribution is -1.89. The first-order valence-electron chi connectivity index (χ1n) is 4.64. The van der Waals surface area contributed by atoms with E-state index in [0.29, 0.717) is 11.5 Å². The van der Waals surface area contributed by atoms with E-state index in [0.717, 1.165) is 22.9 Å². The first-order chi connectivity index (χ1) is 6.72. The molecule has 2 aromatic rings. The van der Waals surface area contributed by atoms with Gasteiger partial charge in [-0.15, -0.1) is 0 Å². The van der Waals surface area contributed by atoms with Crippen molar-refractivity contribution >= 4 is 17.3 Å². The summed E-state index contributed by atoms with van der Waals surface area (Å²) in [5.74, 6) is 0.432. The Hall–Kier alpha value is -1.64. The molecule has 0 aromatic carbocycles. The van der Waals surface area contributed by atoms with Crippen LogP contribution in [0, 0.1) is 0 Å². The lowest BCUT2D eigenvalue weighted by atomic mass is 10.0. The number of fused-ring (bicyclic) bond motifs is 1. The number of aromatic amines is 1. The van der Waals surface area contributed by atoms with E-state index in [1.807, 2.05) is 12.3 Å². The summed E-state index contributed by atoms with van der Waals surface area (Å²) < 4.78 is 0. The number of nitrogens with one attached hydrogen (secondary N) is 1. The summed E-state index contributed by atoms with van der Waals surface area (Å²) in [6.07, 6.45) is 4.39. The van der Waals surface area contributed by atoms with Gasteiger partial charge in [0.2, 0.25) is 0 Å². The Labute approximate surface area is 82.2 Å². The van der Waals surface area contributed by atoms with Crippen LogP contribution < -0.4 is 0 Å². The van der Waals surface area contributed by atoms with Crippen LogP contribution in [0.4, 0.5) is 0 Å². The van der Waals surface area contributed by atoms with Crippen molar-refractivity contribution in [2.75, 3.05) is 0 Å². The second kappa shape index (κ2) is 3.25. The summed E-state index contributed by atoms with van der Waals surface area (Å²) in [4.78, 5) is 17.9. The summed E-state index contributed by atoms with van der Waals surface area (Å²) in [5, 5.41) is 0.909. The number of hydrogen-bond acceptors (Lipinski definition) is 2. The lowest BCUT2D eigenvalue weighted by molar-refractivity contribution is 0.112. The van der Waals surface area contributed by atoms with Crippen LogP contribution in [0.15, 0.2) is 18.5 Å².